The van der Waals surface area contributed by atoms with Crippen LogP contribution < -0.4 is 11.5 Å². The number of benzene rings is 1. The van der Waals surface area contributed by atoms with Gasteiger partial charge in [-0.05, 0) is 25.0 Å². The van der Waals surface area contributed by atoms with Gasteiger partial charge in [0.2, 0.25) is 0 Å². The number of amides is 1. The average molecular weight is 338 g/mol. The fourth-order valence-electron chi connectivity index (χ4n) is 3.19. The second kappa shape index (κ2) is 5.82. The van der Waals surface area contributed by atoms with Gasteiger partial charge in [-0.15, -0.1) is 0 Å². The first-order valence-electron chi connectivity index (χ1n) is 8.15. The lowest BCUT2D eigenvalue weighted by atomic mass is 9.99. The van der Waals surface area contributed by atoms with Crippen molar-refractivity contribution in [3.63, 3.8) is 0 Å². The van der Waals surface area contributed by atoms with Crippen molar-refractivity contribution >= 4 is 5.91 Å². The SMILES string of the molecule is NC(=O)c1cc(-c2nc(C3(N)CCCC3)no2)nn1-c1ccccc1. The van der Waals surface area contributed by atoms with Crippen LogP contribution in [0.1, 0.15) is 42.0 Å². The minimum atomic E-state index is -0.589. The number of nitrogens with two attached hydrogens (primary N) is 2. The van der Waals surface area contributed by atoms with Crippen molar-refractivity contribution in [3.05, 3.63) is 47.9 Å². The van der Waals surface area contributed by atoms with Gasteiger partial charge in [0.25, 0.3) is 11.8 Å². The second-order valence-electron chi connectivity index (χ2n) is 6.31. The van der Waals surface area contributed by atoms with Crippen LogP contribution in [0, 0.1) is 0 Å². The normalized spacial score (nSPS) is 16.2. The molecule has 1 aliphatic rings. The molecule has 2 aromatic heterocycles. The van der Waals surface area contributed by atoms with Crippen molar-refractivity contribution in [1.82, 2.24) is 19.9 Å². The lowest BCUT2D eigenvalue weighted by Gasteiger charge is -2.17. The van der Waals surface area contributed by atoms with Crippen LogP contribution in [0.2, 0.25) is 0 Å². The van der Waals surface area contributed by atoms with E-state index in [1.165, 1.54) is 4.68 Å². The van der Waals surface area contributed by atoms with Crippen LogP contribution in [0.4, 0.5) is 0 Å². The van der Waals surface area contributed by atoms with Gasteiger partial charge in [-0.25, -0.2) is 4.68 Å². The minimum absolute atomic E-state index is 0.226. The maximum Gasteiger partial charge on any atom is 0.278 e. The summed E-state index contributed by atoms with van der Waals surface area (Å²) in [6.45, 7) is 0. The number of aromatic nitrogens is 4. The van der Waals surface area contributed by atoms with Gasteiger partial charge in [0.1, 0.15) is 5.69 Å². The summed E-state index contributed by atoms with van der Waals surface area (Å²) >= 11 is 0. The summed E-state index contributed by atoms with van der Waals surface area (Å²) < 4.78 is 6.81. The van der Waals surface area contributed by atoms with Gasteiger partial charge in [0.05, 0.1) is 11.2 Å². The fraction of sp³-hybridized carbons (Fsp3) is 0.294. The highest BCUT2D eigenvalue weighted by molar-refractivity contribution is 5.92. The van der Waals surface area contributed by atoms with Crippen molar-refractivity contribution in [1.29, 1.82) is 0 Å². The summed E-state index contributed by atoms with van der Waals surface area (Å²) in [5, 5.41) is 8.44. The molecule has 1 saturated carbocycles. The summed E-state index contributed by atoms with van der Waals surface area (Å²) in [5.41, 5.74) is 12.6. The molecule has 3 aromatic rings. The molecule has 4 rings (SSSR count). The van der Waals surface area contributed by atoms with Crippen LogP contribution in [0.25, 0.3) is 17.3 Å². The Morgan fingerprint density at radius 3 is 2.60 bits per heavy atom. The predicted molar refractivity (Wildman–Crippen MR) is 89.7 cm³/mol. The Labute approximate surface area is 143 Å². The number of rotatable bonds is 4. The van der Waals surface area contributed by atoms with E-state index in [0.717, 1.165) is 25.7 Å². The summed E-state index contributed by atoms with van der Waals surface area (Å²) in [6.07, 6.45) is 3.76. The maximum absolute atomic E-state index is 11.8. The van der Waals surface area contributed by atoms with Crippen LogP contribution >= 0.6 is 0 Å². The van der Waals surface area contributed by atoms with Gasteiger partial charge in [-0.2, -0.15) is 10.1 Å². The number of hydrogen-bond donors (Lipinski definition) is 2. The second-order valence-corrected chi connectivity index (χ2v) is 6.31. The van der Waals surface area contributed by atoms with Crippen molar-refractivity contribution < 1.29 is 9.32 Å². The van der Waals surface area contributed by atoms with E-state index in [4.69, 9.17) is 16.0 Å². The first-order valence-corrected chi connectivity index (χ1v) is 8.15. The molecule has 0 saturated heterocycles. The molecular formula is C17H18N6O2. The Balaban J connectivity index is 1.74. The van der Waals surface area contributed by atoms with Crippen LogP contribution in [0.3, 0.4) is 0 Å². The van der Waals surface area contributed by atoms with E-state index in [0.29, 0.717) is 17.2 Å². The molecule has 8 heteroatoms. The highest BCUT2D eigenvalue weighted by Gasteiger charge is 2.36. The highest BCUT2D eigenvalue weighted by atomic mass is 16.5. The first-order chi connectivity index (χ1) is 12.1. The molecular weight excluding hydrogens is 320 g/mol. The lowest BCUT2D eigenvalue weighted by Crippen LogP contribution is -2.34. The molecule has 4 N–H and O–H groups in total. The van der Waals surface area contributed by atoms with E-state index in [9.17, 15) is 4.79 Å². The Bertz CT molecular complexity index is 908. The smallest absolute Gasteiger partial charge is 0.278 e. The molecule has 1 aromatic carbocycles. The zero-order chi connectivity index (χ0) is 17.4. The maximum atomic E-state index is 11.8. The van der Waals surface area contributed by atoms with Gasteiger partial charge in [0.15, 0.2) is 11.5 Å². The Morgan fingerprint density at radius 2 is 1.92 bits per heavy atom. The minimum Gasteiger partial charge on any atom is -0.364 e. The fourth-order valence-corrected chi connectivity index (χ4v) is 3.19. The van der Waals surface area contributed by atoms with Gasteiger partial charge in [-0.1, -0.05) is 36.2 Å². The quantitative estimate of drug-likeness (QED) is 0.746. The van der Waals surface area contributed by atoms with Crippen LogP contribution in [0.15, 0.2) is 40.9 Å². The van der Waals surface area contributed by atoms with Gasteiger partial charge in [0, 0.05) is 6.07 Å². The number of nitrogens with zero attached hydrogens (tertiary/aromatic N) is 4. The molecule has 1 fully saturated rings. The molecule has 2 heterocycles. The van der Waals surface area contributed by atoms with Crippen molar-refractivity contribution in [2.24, 2.45) is 11.5 Å². The first kappa shape index (κ1) is 15.5. The summed E-state index contributed by atoms with van der Waals surface area (Å²) in [6, 6.07) is 10.8. The Kier molecular flexibility index (Phi) is 3.61. The molecule has 25 heavy (non-hydrogen) atoms. The van der Waals surface area contributed by atoms with E-state index in [1.54, 1.807) is 6.07 Å². The van der Waals surface area contributed by atoms with Crippen molar-refractivity contribution in [2.45, 2.75) is 31.2 Å². The molecule has 0 radical (unpaired) electrons. The zero-order valence-corrected chi connectivity index (χ0v) is 13.6. The number of para-hydroxylation sites is 1. The Morgan fingerprint density at radius 1 is 1.20 bits per heavy atom. The van der Waals surface area contributed by atoms with Gasteiger partial charge >= 0.3 is 0 Å². The lowest BCUT2D eigenvalue weighted by molar-refractivity contribution is 0.0993. The third-order valence-corrected chi connectivity index (χ3v) is 4.55. The number of hydrogen-bond acceptors (Lipinski definition) is 6. The monoisotopic (exact) mass is 338 g/mol. The molecule has 8 nitrogen and oxygen atoms in total. The van der Waals surface area contributed by atoms with E-state index in [1.807, 2.05) is 30.3 Å². The standard InChI is InChI=1S/C17H18N6O2/c18-14(24)13-10-12(21-23(13)11-6-2-1-3-7-11)15-20-16(22-25-15)17(19)8-4-5-9-17/h1-3,6-7,10H,4-5,8-9,19H2,(H2,18,24). The number of carbonyl (C=O) groups is 1. The summed E-state index contributed by atoms with van der Waals surface area (Å²) in [7, 11) is 0. The van der Waals surface area contributed by atoms with Crippen LogP contribution in [0.5, 0.6) is 0 Å². The molecule has 0 unspecified atom stereocenters. The highest BCUT2D eigenvalue weighted by Crippen LogP contribution is 2.35. The van der Waals surface area contributed by atoms with Gasteiger partial charge < -0.3 is 16.0 Å². The van der Waals surface area contributed by atoms with E-state index in [2.05, 4.69) is 15.2 Å². The topological polar surface area (TPSA) is 126 Å². The predicted octanol–water partition coefficient (Wildman–Crippen LogP) is 1.75. The largest absolute Gasteiger partial charge is 0.364 e. The molecule has 1 aliphatic carbocycles. The number of primary amides is 1. The average Bonchev–Trinajstić information content (AvgIpc) is 3.34. The van der Waals surface area contributed by atoms with Gasteiger partial charge in [-0.3, -0.25) is 4.79 Å². The summed E-state index contributed by atoms with van der Waals surface area (Å²) in [5.74, 6) is 0.118. The Hall–Kier alpha value is -3.00. The van der Waals surface area contributed by atoms with Crippen molar-refractivity contribution in [3.8, 4) is 17.3 Å². The van der Waals surface area contributed by atoms with Crippen LogP contribution in [-0.4, -0.2) is 25.8 Å². The third-order valence-electron chi connectivity index (χ3n) is 4.55. The molecule has 1 amide bonds. The summed E-state index contributed by atoms with van der Waals surface area (Å²) in [4.78, 5) is 16.2. The molecule has 128 valence electrons. The number of carbonyl (C=O) groups excluding carboxylic acids is 1. The van der Waals surface area contributed by atoms with E-state index < -0.39 is 11.4 Å². The van der Waals surface area contributed by atoms with E-state index in [-0.39, 0.29) is 11.6 Å². The molecule has 0 spiro atoms. The van der Waals surface area contributed by atoms with Crippen LogP contribution in [-0.2, 0) is 5.54 Å². The zero-order valence-electron chi connectivity index (χ0n) is 13.6. The molecule has 0 bridgehead atoms. The molecule has 0 aliphatic heterocycles. The third kappa shape index (κ3) is 2.70. The van der Waals surface area contributed by atoms with Crippen molar-refractivity contribution in [2.75, 3.05) is 0 Å². The van der Waals surface area contributed by atoms with E-state index >= 15 is 0 Å². The molecule has 0 atom stereocenters.